The summed E-state index contributed by atoms with van der Waals surface area (Å²) in [7, 11) is 3.90. The first kappa shape index (κ1) is 15.5. The summed E-state index contributed by atoms with van der Waals surface area (Å²) >= 11 is 0. The third-order valence-corrected chi connectivity index (χ3v) is 2.76. The molecule has 1 aromatic rings. The van der Waals surface area contributed by atoms with Crippen LogP contribution in [0.2, 0.25) is 0 Å². The van der Waals surface area contributed by atoms with Crippen molar-refractivity contribution >= 4 is 11.7 Å². The van der Waals surface area contributed by atoms with E-state index in [1.54, 1.807) is 6.07 Å². The molecule has 0 heterocycles. The molecule has 0 atom stereocenters. The lowest BCUT2D eigenvalue weighted by Crippen LogP contribution is -2.20. The number of esters is 1. The third-order valence-electron chi connectivity index (χ3n) is 2.76. The Hall–Kier alpha value is -1.55. The average molecular weight is 264 g/mol. The monoisotopic (exact) mass is 264 g/mol. The number of likely N-dealkylation sites (N-methyl/N-ethyl adjacent to an activating group) is 1. The number of carbonyl (C=O) groups is 1. The summed E-state index contributed by atoms with van der Waals surface area (Å²) in [4.78, 5) is 14.0. The summed E-state index contributed by atoms with van der Waals surface area (Å²) in [6.45, 7) is 4.16. The van der Waals surface area contributed by atoms with Crippen LogP contribution in [0.15, 0.2) is 24.3 Å². The lowest BCUT2D eigenvalue weighted by molar-refractivity contribution is 0.0483. The maximum absolute atomic E-state index is 12.0. The minimum atomic E-state index is -0.263. The van der Waals surface area contributed by atoms with Gasteiger partial charge in [0.1, 0.15) is 6.61 Å². The van der Waals surface area contributed by atoms with E-state index in [2.05, 4.69) is 12.2 Å². The van der Waals surface area contributed by atoms with Gasteiger partial charge in [0.2, 0.25) is 0 Å². The van der Waals surface area contributed by atoms with Gasteiger partial charge in [0.15, 0.2) is 0 Å². The lowest BCUT2D eigenvalue weighted by Gasteiger charge is -2.13. The summed E-state index contributed by atoms with van der Waals surface area (Å²) in [5, 5.41) is 3.28. The number of para-hydroxylation sites is 1. The fourth-order valence-electron chi connectivity index (χ4n) is 1.61. The fourth-order valence-corrected chi connectivity index (χ4v) is 1.61. The zero-order valence-corrected chi connectivity index (χ0v) is 12.1. The van der Waals surface area contributed by atoms with Crippen molar-refractivity contribution in [1.29, 1.82) is 0 Å². The van der Waals surface area contributed by atoms with Gasteiger partial charge in [-0.3, -0.25) is 0 Å². The zero-order chi connectivity index (χ0) is 14.1. The average Bonchev–Trinajstić information content (AvgIpc) is 2.39. The Morgan fingerprint density at radius 1 is 1.32 bits per heavy atom. The summed E-state index contributed by atoms with van der Waals surface area (Å²) in [5.41, 5.74) is 1.46. The Labute approximate surface area is 115 Å². The molecule has 0 aliphatic heterocycles. The molecular weight excluding hydrogens is 240 g/mol. The molecule has 0 saturated carbocycles. The zero-order valence-electron chi connectivity index (χ0n) is 12.1. The van der Waals surface area contributed by atoms with Crippen LogP contribution in [0.25, 0.3) is 0 Å². The molecule has 0 fully saturated rings. The predicted molar refractivity (Wildman–Crippen MR) is 78.7 cm³/mol. The van der Waals surface area contributed by atoms with Gasteiger partial charge in [-0.1, -0.05) is 25.5 Å². The number of carbonyl (C=O) groups excluding carboxylic acids is 1. The minimum absolute atomic E-state index is 0.263. The number of anilines is 1. The van der Waals surface area contributed by atoms with Crippen LogP contribution >= 0.6 is 0 Å². The highest BCUT2D eigenvalue weighted by molar-refractivity contribution is 5.95. The molecule has 0 amide bonds. The molecule has 4 heteroatoms. The number of nitrogens with zero attached hydrogens (tertiary/aromatic N) is 1. The molecule has 0 aliphatic rings. The van der Waals surface area contributed by atoms with E-state index in [1.165, 1.54) is 0 Å². The normalized spacial score (nSPS) is 10.5. The number of hydrogen-bond acceptors (Lipinski definition) is 4. The lowest BCUT2D eigenvalue weighted by atomic mass is 10.1. The second-order valence-electron chi connectivity index (χ2n) is 4.77. The van der Waals surface area contributed by atoms with Crippen LogP contribution in [0, 0.1) is 0 Å². The molecule has 106 valence electrons. The number of hydrogen-bond donors (Lipinski definition) is 1. The van der Waals surface area contributed by atoms with E-state index in [0.29, 0.717) is 12.2 Å². The van der Waals surface area contributed by atoms with Crippen molar-refractivity contribution in [1.82, 2.24) is 4.90 Å². The van der Waals surface area contributed by atoms with E-state index in [9.17, 15) is 4.79 Å². The van der Waals surface area contributed by atoms with Gasteiger partial charge < -0.3 is 15.0 Å². The van der Waals surface area contributed by atoms with Gasteiger partial charge in [-0.2, -0.15) is 0 Å². The van der Waals surface area contributed by atoms with Gasteiger partial charge in [0, 0.05) is 18.8 Å². The molecule has 1 rings (SSSR count). The molecule has 0 aliphatic carbocycles. The topological polar surface area (TPSA) is 41.6 Å². The van der Waals surface area contributed by atoms with Crippen LogP contribution in [0.5, 0.6) is 0 Å². The first-order valence-corrected chi connectivity index (χ1v) is 6.80. The van der Waals surface area contributed by atoms with Crippen LogP contribution in [-0.4, -0.2) is 44.7 Å². The van der Waals surface area contributed by atoms with Crippen LogP contribution < -0.4 is 5.32 Å². The number of unbranched alkanes of at least 4 members (excludes halogenated alkanes) is 1. The standard InChI is InChI=1S/C15H24N2O2/c1-4-5-10-16-14-9-7-6-8-13(14)15(18)19-12-11-17(2)3/h6-9,16H,4-5,10-12H2,1-3H3. The minimum Gasteiger partial charge on any atom is -0.461 e. The third kappa shape index (κ3) is 5.75. The Morgan fingerprint density at radius 3 is 2.74 bits per heavy atom. The van der Waals surface area contributed by atoms with E-state index in [-0.39, 0.29) is 5.97 Å². The van der Waals surface area contributed by atoms with Crippen LogP contribution in [0.4, 0.5) is 5.69 Å². The molecular formula is C15H24N2O2. The highest BCUT2D eigenvalue weighted by Gasteiger charge is 2.11. The number of ether oxygens (including phenoxy) is 1. The smallest absolute Gasteiger partial charge is 0.340 e. The predicted octanol–water partition coefficient (Wildman–Crippen LogP) is 2.62. The molecule has 0 aromatic heterocycles. The van der Waals surface area contributed by atoms with Crippen molar-refractivity contribution in [3.8, 4) is 0 Å². The van der Waals surface area contributed by atoms with E-state index >= 15 is 0 Å². The van der Waals surface area contributed by atoms with E-state index in [1.807, 2.05) is 37.2 Å². The highest BCUT2D eigenvalue weighted by Crippen LogP contribution is 2.16. The molecule has 19 heavy (non-hydrogen) atoms. The van der Waals surface area contributed by atoms with Crippen LogP contribution in [0.3, 0.4) is 0 Å². The Balaban J connectivity index is 2.57. The second-order valence-corrected chi connectivity index (χ2v) is 4.77. The van der Waals surface area contributed by atoms with Crippen molar-refractivity contribution in [3.63, 3.8) is 0 Å². The van der Waals surface area contributed by atoms with Gasteiger partial charge in [0.25, 0.3) is 0 Å². The van der Waals surface area contributed by atoms with E-state index in [0.717, 1.165) is 31.6 Å². The van der Waals surface area contributed by atoms with Crippen molar-refractivity contribution in [2.45, 2.75) is 19.8 Å². The van der Waals surface area contributed by atoms with Crippen molar-refractivity contribution in [3.05, 3.63) is 29.8 Å². The maximum Gasteiger partial charge on any atom is 0.340 e. The van der Waals surface area contributed by atoms with E-state index < -0.39 is 0 Å². The molecule has 0 bridgehead atoms. The van der Waals surface area contributed by atoms with Crippen LogP contribution in [-0.2, 0) is 4.74 Å². The first-order valence-electron chi connectivity index (χ1n) is 6.80. The molecule has 4 nitrogen and oxygen atoms in total. The number of rotatable bonds is 8. The Kier molecular flexibility index (Phi) is 6.97. The SMILES string of the molecule is CCCCNc1ccccc1C(=O)OCCN(C)C. The highest BCUT2D eigenvalue weighted by atomic mass is 16.5. The Morgan fingerprint density at radius 2 is 2.05 bits per heavy atom. The van der Waals surface area contributed by atoms with Gasteiger partial charge in [-0.05, 0) is 32.6 Å². The molecule has 1 N–H and O–H groups in total. The molecule has 0 saturated heterocycles. The quantitative estimate of drug-likeness (QED) is 0.579. The summed E-state index contributed by atoms with van der Waals surface area (Å²) in [5.74, 6) is -0.263. The van der Waals surface area contributed by atoms with Gasteiger partial charge >= 0.3 is 5.97 Å². The van der Waals surface area contributed by atoms with Crippen molar-refractivity contribution in [2.24, 2.45) is 0 Å². The number of benzene rings is 1. The van der Waals surface area contributed by atoms with Gasteiger partial charge in [-0.15, -0.1) is 0 Å². The van der Waals surface area contributed by atoms with Crippen LogP contribution in [0.1, 0.15) is 30.1 Å². The van der Waals surface area contributed by atoms with Gasteiger partial charge in [0.05, 0.1) is 5.56 Å². The second kappa shape index (κ2) is 8.53. The molecule has 0 spiro atoms. The Bertz CT molecular complexity index is 391. The summed E-state index contributed by atoms with van der Waals surface area (Å²) in [6.07, 6.45) is 2.21. The largest absolute Gasteiger partial charge is 0.461 e. The fraction of sp³-hybridized carbons (Fsp3) is 0.533. The molecule has 1 aromatic carbocycles. The van der Waals surface area contributed by atoms with E-state index in [4.69, 9.17) is 4.74 Å². The molecule has 0 radical (unpaired) electrons. The van der Waals surface area contributed by atoms with Crippen molar-refractivity contribution in [2.75, 3.05) is 39.1 Å². The summed E-state index contributed by atoms with van der Waals surface area (Å²) in [6, 6.07) is 7.49. The van der Waals surface area contributed by atoms with Gasteiger partial charge in [-0.25, -0.2) is 4.79 Å². The first-order chi connectivity index (χ1) is 9.15. The maximum atomic E-state index is 12.0. The summed E-state index contributed by atoms with van der Waals surface area (Å²) < 4.78 is 5.27. The number of nitrogens with one attached hydrogen (secondary N) is 1. The molecule has 0 unspecified atom stereocenters. The van der Waals surface area contributed by atoms with Crippen molar-refractivity contribution < 1.29 is 9.53 Å².